The molecule has 13 heteroatoms. The number of carbonyl (C=O) groups excluding carboxylic acids is 2. The molecule has 0 atom stereocenters. The van der Waals surface area contributed by atoms with Gasteiger partial charge in [0.25, 0.3) is 0 Å². The van der Waals surface area contributed by atoms with E-state index in [1.165, 1.54) is 11.8 Å². The molecule has 0 aliphatic carbocycles. The zero-order valence-electron chi connectivity index (χ0n) is 21.6. The summed E-state index contributed by atoms with van der Waals surface area (Å²) >= 11 is 6.51. The Hall–Kier alpha value is -4.88. The van der Waals surface area contributed by atoms with Gasteiger partial charge in [-0.25, -0.2) is 9.37 Å². The number of thiocarbonyl (C=S) groups is 1. The van der Waals surface area contributed by atoms with E-state index in [1.807, 2.05) is 12.1 Å². The molecular formula is C28H25FN8O2S2. The number of anilines is 6. The molecule has 0 unspecified atom stereocenters. The lowest BCUT2D eigenvalue weighted by Crippen LogP contribution is -2.21. The van der Waals surface area contributed by atoms with Gasteiger partial charge in [0.1, 0.15) is 4.32 Å². The highest BCUT2D eigenvalue weighted by Crippen LogP contribution is 2.23. The summed E-state index contributed by atoms with van der Waals surface area (Å²) in [7, 11) is 0. The number of rotatable bonds is 11. The van der Waals surface area contributed by atoms with Crippen molar-refractivity contribution >= 4 is 74.6 Å². The van der Waals surface area contributed by atoms with Crippen molar-refractivity contribution in [3.63, 3.8) is 0 Å². The molecule has 0 saturated carbocycles. The van der Waals surface area contributed by atoms with E-state index >= 15 is 0 Å². The Balaban J connectivity index is 1.28. The Morgan fingerprint density at radius 3 is 2.49 bits per heavy atom. The van der Waals surface area contributed by atoms with Crippen LogP contribution in [0.15, 0.2) is 91.9 Å². The molecule has 2 heterocycles. The first-order valence-corrected chi connectivity index (χ1v) is 13.6. The molecule has 0 aliphatic heterocycles. The van der Waals surface area contributed by atoms with Crippen molar-refractivity contribution in [2.75, 3.05) is 27.0 Å². The number of thioether (sulfide) groups is 1. The van der Waals surface area contributed by atoms with Crippen molar-refractivity contribution < 1.29 is 14.0 Å². The molecule has 0 fully saturated rings. The van der Waals surface area contributed by atoms with E-state index in [2.05, 4.69) is 48.1 Å². The van der Waals surface area contributed by atoms with Crippen LogP contribution in [-0.4, -0.2) is 36.8 Å². The topological polar surface area (TPSA) is 133 Å². The van der Waals surface area contributed by atoms with Gasteiger partial charge in [-0.2, -0.15) is 4.98 Å². The van der Waals surface area contributed by atoms with E-state index in [0.717, 1.165) is 17.8 Å². The van der Waals surface area contributed by atoms with E-state index in [0.29, 0.717) is 33.6 Å². The Labute approximate surface area is 245 Å². The van der Waals surface area contributed by atoms with Crippen LogP contribution in [0, 0.1) is 5.82 Å². The first kappa shape index (κ1) is 29.1. The highest BCUT2D eigenvalue weighted by Gasteiger charge is 2.10. The van der Waals surface area contributed by atoms with Gasteiger partial charge in [0.2, 0.25) is 17.8 Å². The largest absolute Gasteiger partial charge is 0.367 e. The number of halogens is 1. The summed E-state index contributed by atoms with van der Waals surface area (Å²) in [5.74, 6) is -0.956. The van der Waals surface area contributed by atoms with Crippen LogP contribution >= 0.6 is 24.0 Å². The van der Waals surface area contributed by atoms with Gasteiger partial charge < -0.3 is 26.6 Å². The molecule has 0 spiro atoms. The summed E-state index contributed by atoms with van der Waals surface area (Å²) in [5.41, 5.74) is 3.25. The second-order valence-corrected chi connectivity index (χ2v) is 9.98. The van der Waals surface area contributed by atoms with Crippen LogP contribution in [0.5, 0.6) is 0 Å². The van der Waals surface area contributed by atoms with E-state index in [-0.39, 0.29) is 29.3 Å². The van der Waals surface area contributed by atoms with Gasteiger partial charge in [-0.15, -0.1) is 0 Å². The molecule has 208 valence electrons. The van der Waals surface area contributed by atoms with Crippen molar-refractivity contribution in [3.05, 3.63) is 103 Å². The van der Waals surface area contributed by atoms with E-state index in [1.54, 1.807) is 60.9 Å². The molecule has 0 bridgehead atoms. The third-order valence-corrected chi connectivity index (χ3v) is 6.55. The summed E-state index contributed by atoms with van der Waals surface area (Å²) in [6, 6.07) is 17.4. The quantitative estimate of drug-likeness (QED) is 0.115. The minimum atomic E-state index is -0.654. The van der Waals surface area contributed by atoms with Crippen LogP contribution in [0.3, 0.4) is 0 Å². The molecule has 4 rings (SSSR count). The Bertz CT molecular complexity index is 1540. The molecule has 4 aromatic rings. The molecule has 5 N–H and O–H groups in total. The third kappa shape index (κ3) is 9.37. The predicted molar refractivity (Wildman–Crippen MR) is 165 cm³/mol. The SMILES string of the molecule is C=CC(=O)Nc1cccc(Nc2nc(Nc3ccc(NC(=O)CSC(=S)NCc4cccnc4)cc3)ncc2F)c1. The van der Waals surface area contributed by atoms with Gasteiger partial charge in [-0.05, 0) is 60.2 Å². The second-order valence-electron chi connectivity index (χ2n) is 8.33. The number of pyridine rings is 1. The highest BCUT2D eigenvalue weighted by molar-refractivity contribution is 8.23. The summed E-state index contributed by atoms with van der Waals surface area (Å²) in [6.07, 6.45) is 5.65. The van der Waals surface area contributed by atoms with E-state index < -0.39 is 5.82 Å². The van der Waals surface area contributed by atoms with Crippen LogP contribution in [-0.2, 0) is 16.1 Å². The normalized spacial score (nSPS) is 10.3. The van der Waals surface area contributed by atoms with E-state index in [9.17, 15) is 14.0 Å². The van der Waals surface area contributed by atoms with Gasteiger partial charge in [-0.1, -0.05) is 42.7 Å². The van der Waals surface area contributed by atoms with Crippen LogP contribution < -0.4 is 26.6 Å². The number of carbonyl (C=O) groups is 2. The maximum Gasteiger partial charge on any atom is 0.247 e. The minimum absolute atomic E-state index is 0.0519. The second kappa shape index (κ2) is 14.5. The van der Waals surface area contributed by atoms with Crippen molar-refractivity contribution in [2.24, 2.45) is 0 Å². The van der Waals surface area contributed by atoms with Crippen LogP contribution in [0.2, 0.25) is 0 Å². The first-order valence-electron chi connectivity index (χ1n) is 12.2. The fraction of sp³-hybridized carbons (Fsp3) is 0.0714. The zero-order chi connectivity index (χ0) is 29.0. The Kier molecular flexibility index (Phi) is 10.3. The lowest BCUT2D eigenvalue weighted by Gasteiger charge is -2.11. The maximum atomic E-state index is 14.4. The molecule has 41 heavy (non-hydrogen) atoms. The Morgan fingerprint density at radius 2 is 1.73 bits per heavy atom. The smallest absolute Gasteiger partial charge is 0.247 e. The zero-order valence-corrected chi connectivity index (χ0v) is 23.2. The van der Waals surface area contributed by atoms with Crippen molar-refractivity contribution in [1.29, 1.82) is 0 Å². The van der Waals surface area contributed by atoms with Gasteiger partial charge >= 0.3 is 0 Å². The lowest BCUT2D eigenvalue weighted by molar-refractivity contribution is -0.114. The first-order chi connectivity index (χ1) is 19.9. The standard InChI is InChI=1S/C28H25FN8O2S2/c1-2-24(38)34-21-6-3-7-22(13-21)35-26-23(29)16-31-27(37-26)36-20-10-8-19(9-11-20)33-25(39)17-41-28(40)32-15-18-5-4-12-30-14-18/h2-14,16H,1,15,17H2,(H,32,40)(H,33,39)(H,34,38)(H2,31,35,36,37). The number of hydrogen-bond acceptors (Lipinski definition) is 9. The molecule has 0 radical (unpaired) electrons. The average Bonchev–Trinajstić information content (AvgIpc) is 2.98. The van der Waals surface area contributed by atoms with Crippen molar-refractivity contribution in [3.8, 4) is 0 Å². The number of nitrogens with one attached hydrogen (secondary N) is 5. The number of hydrogen-bond donors (Lipinski definition) is 5. The monoisotopic (exact) mass is 588 g/mol. The highest BCUT2D eigenvalue weighted by atomic mass is 32.2. The number of nitrogens with zero attached hydrogens (tertiary/aromatic N) is 3. The van der Waals surface area contributed by atoms with Gasteiger partial charge in [0, 0.05) is 41.7 Å². The van der Waals surface area contributed by atoms with Crippen molar-refractivity contribution in [1.82, 2.24) is 20.3 Å². The molecule has 10 nitrogen and oxygen atoms in total. The molecule has 2 aromatic heterocycles. The maximum absolute atomic E-state index is 14.4. The molecule has 0 aliphatic rings. The van der Waals surface area contributed by atoms with E-state index in [4.69, 9.17) is 12.2 Å². The fourth-order valence-electron chi connectivity index (χ4n) is 3.34. The van der Waals surface area contributed by atoms with Gasteiger partial charge in [0.15, 0.2) is 11.6 Å². The Morgan fingerprint density at radius 1 is 0.951 bits per heavy atom. The lowest BCUT2D eigenvalue weighted by atomic mass is 10.2. The number of benzene rings is 2. The molecular weight excluding hydrogens is 563 g/mol. The summed E-state index contributed by atoms with van der Waals surface area (Å²) < 4.78 is 14.9. The predicted octanol–water partition coefficient (Wildman–Crippen LogP) is 5.37. The molecule has 0 saturated heterocycles. The van der Waals surface area contributed by atoms with Crippen molar-refractivity contribution in [2.45, 2.75) is 6.54 Å². The number of amides is 2. The van der Waals surface area contributed by atoms with Crippen LogP contribution in [0.1, 0.15) is 5.56 Å². The third-order valence-electron chi connectivity index (χ3n) is 5.24. The average molecular weight is 589 g/mol. The fourth-order valence-corrected chi connectivity index (χ4v) is 4.10. The van der Waals surface area contributed by atoms with Gasteiger partial charge in [0.05, 0.1) is 11.9 Å². The summed E-state index contributed by atoms with van der Waals surface area (Å²) in [6.45, 7) is 3.95. The summed E-state index contributed by atoms with van der Waals surface area (Å²) in [5, 5.41) is 14.4. The van der Waals surface area contributed by atoms with Crippen LogP contribution in [0.25, 0.3) is 0 Å². The summed E-state index contributed by atoms with van der Waals surface area (Å²) in [4.78, 5) is 36.1. The molecule has 2 aromatic carbocycles. The van der Waals surface area contributed by atoms with Crippen LogP contribution in [0.4, 0.5) is 38.9 Å². The minimum Gasteiger partial charge on any atom is -0.367 e. The molecule has 2 amide bonds. The van der Waals surface area contributed by atoms with Gasteiger partial charge in [-0.3, -0.25) is 14.6 Å². The number of aromatic nitrogens is 3.